The number of benzene rings is 2. The molecule has 1 amide bonds. The van der Waals surface area contributed by atoms with Gasteiger partial charge in [-0.25, -0.2) is 4.79 Å². The molecule has 0 saturated heterocycles. The first-order valence-electron chi connectivity index (χ1n) is 7.67. The Morgan fingerprint density at radius 3 is 2.57 bits per heavy atom. The molecule has 2 aromatic carbocycles. The molecule has 0 aromatic heterocycles. The van der Waals surface area contributed by atoms with Crippen LogP contribution in [-0.2, 0) is 14.3 Å². The SMILES string of the molecule is CCOC1CC1C(=O)Nc1cc2ccccc2cc1C(=O)OC. The Labute approximate surface area is 134 Å². The lowest BCUT2D eigenvalue weighted by Gasteiger charge is -2.11. The second-order valence-corrected chi connectivity index (χ2v) is 5.56. The van der Waals surface area contributed by atoms with Crippen molar-refractivity contribution in [3.8, 4) is 0 Å². The third-order valence-corrected chi connectivity index (χ3v) is 4.00. The molecule has 120 valence electrons. The molecule has 0 aliphatic heterocycles. The molecule has 1 N–H and O–H groups in total. The van der Waals surface area contributed by atoms with Crippen LogP contribution < -0.4 is 5.32 Å². The minimum atomic E-state index is -0.469. The van der Waals surface area contributed by atoms with E-state index in [1.165, 1.54) is 7.11 Å². The highest BCUT2D eigenvalue weighted by Crippen LogP contribution is 2.35. The van der Waals surface area contributed by atoms with E-state index >= 15 is 0 Å². The summed E-state index contributed by atoms with van der Waals surface area (Å²) in [4.78, 5) is 24.3. The minimum absolute atomic E-state index is 0.0120. The van der Waals surface area contributed by atoms with Crippen LogP contribution in [0.5, 0.6) is 0 Å². The van der Waals surface area contributed by atoms with E-state index in [9.17, 15) is 9.59 Å². The van der Waals surface area contributed by atoms with Crippen molar-refractivity contribution in [1.82, 2.24) is 0 Å². The third kappa shape index (κ3) is 3.19. The van der Waals surface area contributed by atoms with E-state index < -0.39 is 5.97 Å². The molecule has 0 radical (unpaired) electrons. The van der Waals surface area contributed by atoms with Crippen LogP contribution in [0.3, 0.4) is 0 Å². The number of rotatable bonds is 5. The van der Waals surface area contributed by atoms with Gasteiger partial charge in [0.1, 0.15) is 0 Å². The van der Waals surface area contributed by atoms with E-state index in [1.807, 2.05) is 31.2 Å². The molecule has 0 heterocycles. The van der Waals surface area contributed by atoms with E-state index in [4.69, 9.17) is 9.47 Å². The summed E-state index contributed by atoms with van der Waals surface area (Å²) >= 11 is 0. The Kier molecular flexibility index (Phi) is 4.30. The van der Waals surface area contributed by atoms with Gasteiger partial charge in [-0.15, -0.1) is 0 Å². The Hall–Kier alpha value is -2.40. The van der Waals surface area contributed by atoms with Gasteiger partial charge in [0.25, 0.3) is 0 Å². The Bertz CT molecular complexity index is 756. The maximum atomic E-state index is 12.3. The van der Waals surface area contributed by atoms with Crippen molar-refractivity contribution in [1.29, 1.82) is 0 Å². The van der Waals surface area contributed by atoms with Gasteiger partial charge in [-0.2, -0.15) is 0 Å². The summed E-state index contributed by atoms with van der Waals surface area (Å²) in [6.07, 6.45) is 0.711. The minimum Gasteiger partial charge on any atom is -0.465 e. The fraction of sp³-hybridized carbons (Fsp3) is 0.333. The molecule has 2 aromatic rings. The van der Waals surface area contributed by atoms with Crippen molar-refractivity contribution < 1.29 is 19.1 Å². The standard InChI is InChI=1S/C18H19NO4/c1-3-23-16-10-14(16)17(20)19-15-9-12-7-5-4-6-11(12)8-13(15)18(21)22-2/h4-9,14,16H,3,10H2,1-2H3,(H,19,20). The fourth-order valence-electron chi connectivity index (χ4n) is 2.69. The van der Waals surface area contributed by atoms with Gasteiger partial charge in [0.05, 0.1) is 30.4 Å². The molecule has 23 heavy (non-hydrogen) atoms. The molecule has 2 atom stereocenters. The molecule has 1 saturated carbocycles. The fourth-order valence-corrected chi connectivity index (χ4v) is 2.69. The molecule has 0 bridgehead atoms. The van der Waals surface area contributed by atoms with Crippen molar-refractivity contribution in [2.24, 2.45) is 5.92 Å². The normalized spacial score (nSPS) is 19.4. The van der Waals surface area contributed by atoms with Gasteiger partial charge in [0.2, 0.25) is 5.91 Å². The van der Waals surface area contributed by atoms with Gasteiger partial charge in [-0.3, -0.25) is 4.79 Å². The number of carbonyl (C=O) groups excluding carboxylic acids is 2. The van der Waals surface area contributed by atoms with Crippen LogP contribution in [0.4, 0.5) is 5.69 Å². The number of nitrogens with one attached hydrogen (secondary N) is 1. The van der Waals surface area contributed by atoms with Crippen LogP contribution in [0, 0.1) is 5.92 Å². The smallest absolute Gasteiger partial charge is 0.339 e. The van der Waals surface area contributed by atoms with Gasteiger partial charge in [-0.1, -0.05) is 24.3 Å². The predicted octanol–water partition coefficient (Wildman–Crippen LogP) is 2.99. The van der Waals surface area contributed by atoms with Crippen molar-refractivity contribution in [2.45, 2.75) is 19.4 Å². The molecule has 2 unspecified atom stereocenters. The van der Waals surface area contributed by atoms with Crippen LogP contribution in [0.15, 0.2) is 36.4 Å². The van der Waals surface area contributed by atoms with E-state index in [2.05, 4.69) is 5.32 Å². The second-order valence-electron chi connectivity index (χ2n) is 5.56. The van der Waals surface area contributed by atoms with Crippen molar-refractivity contribution in [3.05, 3.63) is 42.0 Å². The van der Waals surface area contributed by atoms with Crippen LogP contribution in [0.25, 0.3) is 10.8 Å². The van der Waals surface area contributed by atoms with E-state index in [0.29, 0.717) is 17.9 Å². The number of hydrogen-bond donors (Lipinski definition) is 1. The number of methoxy groups -OCH3 is 1. The monoisotopic (exact) mass is 313 g/mol. The maximum absolute atomic E-state index is 12.3. The molecule has 1 aliphatic rings. The first kappa shape index (κ1) is 15.5. The largest absolute Gasteiger partial charge is 0.465 e. The quantitative estimate of drug-likeness (QED) is 0.862. The molecule has 0 spiro atoms. The van der Waals surface area contributed by atoms with Crippen molar-refractivity contribution in [2.75, 3.05) is 19.0 Å². The molecule has 1 aliphatic carbocycles. The lowest BCUT2D eigenvalue weighted by molar-refractivity contribution is -0.118. The van der Waals surface area contributed by atoms with Gasteiger partial charge >= 0.3 is 5.97 Å². The molecule has 5 nitrogen and oxygen atoms in total. The summed E-state index contributed by atoms with van der Waals surface area (Å²) in [5.74, 6) is -0.737. The average molecular weight is 313 g/mol. The maximum Gasteiger partial charge on any atom is 0.339 e. The summed E-state index contributed by atoms with van der Waals surface area (Å²) in [6, 6.07) is 11.2. The Morgan fingerprint density at radius 1 is 1.22 bits per heavy atom. The molecule has 3 rings (SSSR count). The van der Waals surface area contributed by atoms with Gasteiger partial charge in [0.15, 0.2) is 0 Å². The number of ether oxygens (including phenoxy) is 2. The number of anilines is 1. The summed E-state index contributed by atoms with van der Waals surface area (Å²) in [5.41, 5.74) is 0.829. The summed E-state index contributed by atoms with van der Waals surface area (Å²) < 4.78 is 10.3. The molecular formula is C18H19NO4. The Balaban J connectivity index is 1.89. The van der Waals surface area contributed by atoms with Crippen LogP contribution in [0.2, 0.25) is 0 Å². The van der Waals surface area contributed by atoms with E-state index in [1.54, 1.807) is 12.1 Å². The van der Waals surface area contributed by atoms with Crippen molar-refractivity contribution in [3.63, 3.8) is 0 Å². The molecule has 5 heteroatoms. The number of esters is 1. The van der Waals surface area contributed by atoms with Crippen LogP contribution in [-0.4, -0.2) is 31.7 Å². The zero-order valence-electron chi connectivity index (χ0n) is 13.2. The number of hydrogen-bond acceptors (Lipinski definition) is 4. The van der Waals surface area contributed by atoms with Crippen molar-refractivity contribution >= 4 is 28.3 Å². The Morgan fingerprint density at radius 2 is 1.91 bits per heavy atom. The molecule has 1 fully saturated rings. The topological polar surface area (TPSA) is 64.6 Å². The molecular weight excluding hydrogens is 294 g/mol. The zero-order chi connectivity index (χ0) is 16.4. The van der Waals surface area contributed by atoms with E-state index in [0.717, 1.165) is 17.2 Å². The third-order valence-electron chi connectivity index (χ3n) is 4.00. The first-order valence-corrected chi connectivity index (χ1v) is 7.67. The van der Waals surface area contributed by atoms with Gasteiger partial charge < -0.3 is 14.8 Å². The summed E-state index contributed by atoms with van der Waals surface area (Å²) in [5, 5.41) is 4.72. The average Bonchev–Trinajstić information content (AvgIpc) is 3.33. The lowest BCUT2D eigenvalue weighted by Crippen LogP contribution is -2.19. The second kappa shape index (κ2) is 6.38. The lowest BCUT2D eigenvalue weighted by atomic mass is 10.0. The summed E-state index contributed by atoms with van der Waals surface area (Å²) in [7, 11) is 1.33. The number of fused-ring (bicyclic) bond motifs is 1. The number of amides is 1. The highest BCUT2D eigenvalue weighted by atomic mass is 16.5. The highest BCUT2D eigenvalue weighted by molar-refractivity contribution is 6.06. The van der Waals surface area contributed by atoms with Gasteiger partial charge in [-0.05, 0) is 36.2 Å². The zero-order valence-corrected chi connectivity index (χ0v) is 13.2. The number of carbonyl (C=O) groups is 2. The first-order chi connectivity index (χ1) is 11.1. The van der Waals surface area contributed by atoms with Crippen LogP contribution >= 0.6 is 0 Å². The predicted molar refractivity (Wildman–Crippen MR) is 87.4 cm³/mol. The van der Waals surface area contributed by atoms with E-state index in [-0.39, 0.29) is 17.9 Å². The van der Waals surface area contributed by atoms with Gasteiger partial charge in [0, 0.05) is 6.61 Å². The highest BCUT2D eigenvalue weighted by Gasteiger charge is 2.44. The summed E-state index contributed by atoms with van der Waals surface area (Å²) in [6.45, 7) is 2.50. The van der Waals surface area contributed by atoms with Crippen LogP contribution in [0.1, 0.15) is 23.7 Å².